The number of rotatable bonds is 4. The molecule has 0 aliphatic carbocycles. The van der Waals surface area contributed by atoms with Crippen molar-refractivity contribution >= 4 is 38.1 Å². The van der Waals surface area contributed by atoms with E-state index in [1.807, 2.05) is 12.1 Å². The Morgan fingerprint density at radius 2 is 2.00 bits per heavy atom. The maximum Gasteiger partial charge on any atom is 0.150 e. The summed E-state index contributed by atoms with van der Waals surface area (Å²) in [4.78, 5) is 14.7. The molecule has 0 aliphatic rings. The number of ether oxygens (including phenoxy) is 1. The van der Waals surface area contributed by atoms with Gasteiger partial charge in [0.25, 0.3) is 0 Å². The van der Waals surface area contributed by atoms with Gasteiger partial charge in [-0.05, 0) is 50.1 Å². The molecule has 1 aromatic heterocycles. The number of aldehydes is 1. The Morgan fingerprint density at radius 1 is 1.28 bits per heavy atom. The number of hydrogen-bond acceptors (Lipinski definition) is 3. The SMILES string of the molecule is O=Cc1cc(Br)c(OCc2cccnc2)c(Br)c1. The van der Waals surface area contributed by atoms with Crippen LogP contribution in [0.4, 0.5) is 0 Å². The highest BCUT2D eigenvalue weighted by Crippen LogP contribution is 2.34. The molecular weight excluding hydrogens is 362 g/mol. The molecule has 0 atom stereocenters. The van der Waals surface area contributed by atoms with Crippen LogP contribution >= 0.6 is 31.9 Å². The summed E-state index contributed by atoms with van der Waals surface area (Å²) < 4.78 is 7.18. The molecule has 18 heavy (non-hydrogen) atoms. The zero-order chi connectivity index (χ0) is 13.0. The number of pyridine rings is 1. The highest BCUT2D eigenvalue weighted by atomic mass is 79.9. The average molecular weight is 371 g/mol. The fourth-order valence-electron chi connectivity index (χ4n) is 1.42. The third kappa shape index (κ3) is 3.17. The fraction of sp³-hybridized carbons (Fsp3) is 0.0769. The van der Waals surface area contributed by atoms with E-state index in [9.17, 15) is 4.79 Å². The standard InChI is InChI=1S/C13H9Br2NO2/c14-11-4-10(7-17)5-12(15)13(11)18-8-9-2-1-3-16-6-9/h1-7H,8H2. The summed E-state index contributed by atoms with van der Waals surface area (Å²) in [7, 11) is 0. The van der Waals surface area contributed by atoms with Gasteiger partial charge in [-0.2, -0.15) is 0 Å². The zero-order valence-electron chi connectivity index (χ0n) is 9.27. The van der Waals surface area contributed by atoms with E-state index in [1.165, 1.54) is 0 Å². The molecule has 0 saturated heterocycles. The second-order valence-electron chi connectivity index (χ2n) is 3.58. The van der Waals surface area contributed by atoms with E-state index < -0.39 is 0 Å². The molecule has 0 radical (unpaired) electrons. The molecule has 0 bridgehead atoms. The number of halogens is 2. The number of carbonyl (C=O) groups excluding carboxylic acids is 1. The fourth-order valence-corrected chi connectivity index (χ4v) is 2.88. The molecule has 0 spiro atoms. The van der Waals surface area contributed by atoms with Crippen molar-refractivity contribution in [2.24, 2.45) is 0 Å². The molecule has 1 heterocycles. The molecule has 92 valence electrons. The Balaban J connectivity index is 2.17. The highest BCUT2D eigenvalue weighted by Gasteiger charge is 2.09. The molecule has 0 unspecified atom stereocenters. The Bertz CT molecular complexity index is 535. The van der Waals surface area contributed by atoms with Crippen LogP contribution in [-0.2, 0) is 6.61 Å². The quantitative estimate of drug-likeness (QED) is 0.763. The summed E-state index contributed by atoms with van der Waals surface area (Å²) >= 11 is 6.77. The van der Waals surface area contributed by atoms with Gasteiger partial charge in [-0.15, -0.1) is 0 Å². The van der Waals surface area contributed by atoms with Crippen LogP contribution in [-0.4, -0.2) is 11.3 Å². The Hall–Kier alpha value is -1.20. The van der Waals surface area contributed by atoms with Crippen LogP contribution in [0.2, 0.25) is 0 Å². The molecule has 0 aliphatic heterocycles. The second kappa shape index (κ2) is 6.11. The van der Waals surface area contributed by atoms with Crippen LogP contribution < -0.4 is 4.74 Å². The highest BCUT2D eigenvalue weighted by molar-refractivity contribution is 9.11. The van der Waals surface area contributed by atoms with Crippen molar-refractivity contribution in [2.75, 3.05) is 0 Å². The van der Waals surface area contributed by atoms with E-state index >= 15 is 0 Å². The maximum absolute atomic E-state index is 10.7. The van der Waals surface area contributed by atoms with Crippen molar-refractivity contribution in [3.05, 3.63) is 56.7 Å². The van der Waals surface area contributed by atoms with Crippen molar-refractivity contribution in [3.8, 4) is 5.75 Å². The Kier molecular flexibility index (Phi) is 4.49. The van der Waals surface area contributed by atoms with E-state index in [1.54, 1.807) is 24.5 Å². The molecule has 2 rings (SSSR count). The summed E-state index contributed by atoms with van der Waals surface area (Å²) in [5, 5.41) is 0. The van der Waals surface area contributed by atoms with Gasteiger partial charge >= 0.3 is 0 Å². The largest absolute Gasteiger partial charge is 0.486 e. The minimum absolute atomic E-state index is 0.422. The normalized spacial score (nSPS) is 10.1. The number of nitrogens with zero attached hydrogens (tertiary/aromatic N) is 1. The summed E-state index contributed by atoms with van der Waals surface area (Å²) in [5.74, 6) is 0.671. The first kappa shape index (κ1) is 13.2. The van der Waals surface area contributed by atoms with Gasteiger partial charge < -0.3 is 4.74 Å². The van der Waals surface area contributed by atoms with E-state index in [4.69, 9.17) is 4.74 Å². The van der Waals surface area contributed by atoms with Crippen molar-refractivity contribution in [1.82, 2.24) is 4.98 Å². The lowest BCUT2D eigenvalue weighted by Crippen LogP contribution is -1.98. The van der Waals surface area contributed by atoms with Gasteiger partial charge in [0.1, 0.15) is 18.6 Å². The van der Waals surface area contributed by atoms with Gasteiger partial charge in [-0.3, -0.25) is 9.78 Å². The van der Waals surface area contributed by atoms with Gasteiger partial charge in [-0.25, -0.2) is 0 Å². The van der Waals surface area contributed by atoms with E-state index in [-0.39, 0.29) is 0 Å². The van der Waals surface area contributed by atoms with Crippen LogP contribution in [0.25, 0.3) is 0 Å². The number of carbonyl (C=O) groups is 1. The monoisotopic (exact) mass is 369 g/mol. The van der Waals surface area contributed by atoms with Crippen LogP contribution in [0.15, 0.2) is 45.6 Å². The van der Waals surface area contributed by atoms with Crippen LogP contribution in [0.5, 0.6) is 5.75 Å². The first-order valence-corrected chi connectivity index (χ1v) is 6.75. The van der Waals surface area contributed by atoms with Gasteiger partial charge in [0.05, 0.1) is 8.95 Å². The summed E-state index contributed by atoms with van der Waals surface area (Å²) in [6.07, 6.45) is 4.26. The van der Waals surface area contributed by atoms with Crippen LogP contribution in [0.1, 0.15) is 15.9 Å². The summed E-state index contributed by atoms with van der Waals surface area (Å²) in [6, 6.07) is 7.24. The Labute approximate surface area is 121 Å². The number of benzene rings is 1. The second-order valence-corrected chi connectivity index (χ2v) is 5.29. The molecule has 1 aromatic carbocycles. The van der Waals surface area contributed by atoms with Crippen LogP contribution in [0.3, 0.4) is 0 Å². The van der Waals surface area contributed by atoms with Gasteiger partial charge in [0, 0.05) is 23.5 Å². The molecule has 0 amide bonds. The average Bonchev–Trinajstić information content (AvgIpc) is 2.38. The molecule has 3 nitrogen and oxygen atoms in total. The molecule has 5 heteroatoms. The predicted molar refractivity (Wildman–Crippen MR) is 75.8 cm³/mol. The molecular formula is C13H9Br2NO2. The lowest BCUT2D eigenvalue weighted by atomic mass is 10.2. The molecule has 0 N–H and O–H groups in total. The van der Waals surface area contributed by atoms with Crippen molar-refractivity contribution in [2.45, 2.75) is 6.61 Å². The summed E-state index contributed by atoms with van der Waals surface area (Å²) in [6.45, 7) is 0.422. The molecule has 0 saturated carbocycles. The molecule has 0 fully saturated rings. The number of hydrogen-bond donors (Lipinski definition) is 0. The van der Waals surface area contributed by atoms with Gasteiger partial charge in [0.15, 0.2) is 0 Å². The topological polar surface area (TPSA) is 39.2 Å². The zero-order valence-corrected chi connectivity index (χ0v) is 12.4. The Morgan fingerprint density at radius 3 is 2.56 bits per heavy atom. The third-order valence-electron chi connectivity index (χ3n) is 2.26. The van der Waals surface area contributed by atoms with E-state index in [0.29, 0.717) is 17.9 Å². The third-order valence-corrected chi connectivity index (χ3v) is 3.44. The van der Waals surface area contributed by atoms with Crippen LogP contribution in [0, 0.1) is 0 Å². The lowest BCUT2D eigenvalue weighted by molar-refractivity contribution is 0.112. The molecule has 2 aromatic rings. The van der Waals surface area contributed by atoms with Gasteiger partial charge in [0.2, 0.25) is 0 Å². The minimum Gasteiger partial charge on any atom is -0.486 e. The summed E-state index contributed by atoms with van der Waals surface area (Å²) in [5.41, 5.74) is 1.57. The van der Waals surface area contributed by atoms with Crippen molar-refractivity contribution < 1.29 is 9.53 Å². The van der Waals surface area contributed by atoms with Crippen molar-refractivity contribution in [1.29, 1.82) is 0 Å². The predicted octanol–water partition coefficient (Wildman–Crippen LogP) is 4.00. The first-order chi connectivity index (χ1) is 8.70. The van der Waals surface area contributed by atoms with Crippen molar-refractivity contribution in [3.63, 3.8) is 0 Å². The maximum atomic E-state index is 10.7. The lowest BCUT2D eigenvalue weighted by Gasteiger charge is -2.10. The van der Waals surface area contributed by atoms with E-state index in [2.05, 4.69) is 36.8 Å². The first-order valence-electron chi connectivity index (χ1n) is 5.16. The van der Waals surface area contributed by atoms with Gasteiger partial charge in [-0.1, -0.05) is 6.07 Å². The van der Waals surface area contributed by atoms with E-state index in [0.717, 1.165) is 20.8 Å². The smallest absolute Gasteiger partial charge is 0.150 e. The number of aromatic nitrogens is 1. The minimum atomic E-state index is 0.422.